The summed E-state index contributed by atoms with van der Waals surface area (Å²) in [5.74, 6) is -0.190. The first-order valence-electron chi connectivity index (χ1n) is 6.03. The number of fused-ring (bicyclic) bond motifs is 1. The highest BCUT2D eigenvalue weighted by Gasteiger charge is 2.33. The van der Waals surface area contributed by atoms with E-state index in [1.807, 2.05) is 36.4 Å². The van der Waals surface area contributed by atoms with Gasteiger partial charge in [0.25, 0.3) is 5.91 Å². The van der Waals surface area contributed by atoms with Crippen molar-refractivity contribution in [3.05, 3.63) is 59.7 Å². The van der Waals surface area contributed by atoms with Crippen molar-refractivity contribution in [3.8, 4) is 0 Å². The standard InChI is InChI=1S/C14H12BNO3/c17-14-13-10(5-4-8-12(13)15(18)19)9-16(14)11-6-2-1-3-7-11/h1-8,18-19H,9H2. The summed E-state index contributed by atoms with van der Waals surface area (Å²) >= 11 is 0. The first kappa shape index (κ1) is 12.0. The largest absolute Gasteiger partial charge is 0.489 e. The average molecular weight is 253 g/mol. The van der Waals surface area contributed by atoms with Crippen LogP contribution in [0.1, 0.15) is 15.9 Å². The molecule has 0 atom stereocenters. The van der Waals surface area contributed by atoms with Crippen molar-refractivity contribution in [2.24, 2.45) is 0 Å². The Morgan fingerprint density at radius 3 is 2.42 bits per heavy atom. The summed E-state index contributed by atoms with van der Waals surface area (Å²) in [4.78, 5) is 14.1. The van der Waals surface area contributed by atoms with Crippen LogP contribution in [0.4, 0.5) is 5.69 Å². The smallest absolute Gasteiger partial charge is 0.423 e. The van der Waals surface area contributed by atoms with Gasteiger partial charge in [0.1, 0.15) is 0 Å². The van der Waals surface area contributed by atoms with E-state index in [2.05, 4.69) is 0 Å². The van der Waals surface area contributed by atoms with Gasteiger partial charge >= 0.3 is 7.12 Å². The van der Waals surface area contributed by atoms with Crippen molar-refractivity contribution in [1.29, 1.82) is 0 Å². The van der Waals surface area contributed by atoms with E-state index >= 15 is 0 Å². The zero-order valence-electron chi connectivity index (χ0n) is 10.2. The fourth-order valence-corrected chi connectivity index (χ4v) is 2.42. The van der Waals surface area contributed by atoms with Crippen LogP contribution in [0.3, 0.4) is 0 Å². The second-order valence-corrected chi connectivity index (χ2v) is 4.48. The summed E-state index contributed by atoms with van der Waals surface area (Å²) in [7, 11) is -1.63. The molecule has 4 nitrogen and oxygen atoms in total. The van der Waals surface area contributed by atoms with Crippen molar-refractivity contribution in [2.75, 3.05) is 4.90 Å². The van der Waals surface area contributed by atoms with Crippen LogP contribution in [0.5, 0.6) is 0 Å². The third-order valence-electron chi connectivity index (χ3n) is 3.32. The van der Waals surface area contributed by atoms with Crippen LogP contribution in [0.2, 0.25) is 0 Å². The quantitative estimate of drug-likeness (QED) is 0.767. The molecule has 0 spiro atoms. The Kier molecular flexibility index (Phi) is 2.85. The average Bonchev–Trinajstić information content (AvgIpc) is 2.77. The number of para-hydroxylation sites is 1. The first-order valence-corrected chi connectivity index (χ1v) is 6.03. The van der Waals surface area contributed by atoms with E-state index in [1.165, 1.54) is 0 Å². The molecular weight excluding hydrogens is 241 g/mol. The van der Waals surface area contributed by atoms with Crippen molar-refractivity contribution in [2.45, 2.75) is 6.54 Å². The molecule has 5 heteroatoms. The molecule has 1 amide bonds. The molecule has 2 aromatic carbocycles. The Hall–Kier alpha value is -2.11. The molecule has 0 saturated heterocycles. The molecule has 0 fully saturated rings. The highest BCUT2D eigenvalue weighted by atomic mass is 16.4. The monoisotopic (exact) mass is 253 g/mol. The predicted molar refractivity (Wildman–Crippen MR) is 73.2 cm³/mol. The Bertz CT molecular complexity index is 628. The molecule has 19 heavy (non-hydrogen) atoms. The molecule has 0 bridgehead atoms. The van der Waals surface area contributed by atoms with Gasteiger partial charge in [-0.1, -0.05) is 36.4 Å². The molecule has 1 aliphatic heterocycles. The Balaban J connectivity index is 2.06. The van der Waals surface area contributed by atoms with Crippen molar-refractivity contribution < 1.29 is 14.8 Å². The first-order chi connectivity index (χ1) is 9.18. The van der Waals surface area contributed by atoms with E-state index in [0.717, 1.165) is 11.3 Å². The molecule has 0 saturated carbocycles. The lowest BCUT2D eigenvalue weighted by atomic mass is 9.76. The third kappa shape index (κ3) is 1.93. The minimum absolute atomic E-state index is 0.190. The minimum Gasteiger partial charge on any atom is -0.423 e. The number of hydrogen-bond acceptors (Lipinski definition) is 3. The van der Waals surface area contributed by atoms with Crippen LogP contribution in [0.25, 0.3) is 0 Å². The Morgan fingerprint density at radius 1 is 1.00 bits per heavy atom. The fraction of sp³-hybridized carbons (Fsp3) is 0.0714. The van der Waals surface area contributed by atoms with Gasteiger partial charge in [0, 0.05) is 11.3 Å². The SMILES string of the molecule is O=C1c2c(cccc2B(O)O)CN1c1ccccc1. The maximum Gasteiger partial charge on any atom is 0.489 e. The predicted octanol–water partition coefficient (Wildman–Crippen LogP) is 0.527. The Labute approximate surface area is 111 Å². The van der Waals surface area contributed by atoms with Gasteiger partial charge < -0.3 is 14.9 Å². The van der Waals surface area contributed by atoms with Crippen LogP contribution in [-0.2, 0) is 6.54 Å². The van der Waals surface area contributed by atoms with Gasteiger partial charge in [-0.3, -0.25) is 4.79 Å². The van der Waals surface area contributed by atoms with Gasteiger partial charge in [-0.2, -0.15) is 0 Å². The number of amides is 1. The molecule has 0 radical (unpaired) electrons. The minimum atomic E-state index is -1.63. The van der Waals surface area contributed by atoms with Gasteiger partial charge in [0.15, 0.2) is 0 Å². The fourth-order valence-electron chi connectivity index (χ4n) is 2.42. The molecule has 1 heterocycles. The molecule has 2 N–H and O–H groups in total. The lowest BCUT2D eigenvalue weighted by Crippen LogP contribution is -2.36. The van der Waals surface area contributed by atoms with E-state index in [9.17, 15) is 14.8 Å². The molecule has 94 valence electrons. The van der Waals surface area contributed by atoms with Crippen LogP contribution in [0, 0.1) is 0 Å². The number of benzene rings is 2. The molecule has 0 aliphatic carbocycles. The molecular formula is C14H12BNO3. The number of carbonyl (C=O) groups excluding carboxylic acids is 1. The van der Waals surface area contributed by atoms with Gasteiger partial charge in [0.2, 0.25) is 0 Å². The van der Waals surface area contributed by atoms with Gasteiger partial charge in [-0.15, -0.1) is 0 Å². The van der Waals surface area contributed by atoms with Gasteiger partial charge in [-0.25, -0.2) is 0 Å². The normalized spacial score (nSPS) is 13.6. The van der Waals surface area contributed by atoms with Gasteiger partial charge in [0.05, 0.1) is 6.54 Å². The van der Waals surface area contributed by atoms with Gasteiger partial charge in [-0.05, 0) is 23.2 Å². The number of nitrogens with zero attached hydrogens (tertiary/aromatic N) is 1. The van der Waals surface area contributed by atoms with E-state index in [1.54, 1.807) is 17.0 Å². The second-order valence-electron chi connectivity index (χ2n) is 4.48. The number of hydrogen-bond donors (Lipinski definition) is 2. The summed E-state index contributed by atoms with van der Waals surface area (Å²) in [6.45, 7) is 0.457. The van der Waals surface area contributed by atoms with Crippen molar-refractivity contribution >= 4 is 24.2 Å². The lowest BCUT2D eigenvalue weighted by molar-refractivity contribution is 0.0997. The van der Waals surface area contributed by atoms with E-state index in [-0.39, 0.29) is 11.4 Å². The molecule has 1 aliphatic rings. The third-order valence-corrected chi connectivity index (χ3v) is 3.32. The number of anilines is 1. The topological polar surface area (TPSA) is 60.8 Å². The summed E-state index contributed by atoms with van der Waals surface area (Å²) in [5.41, 5.74) is 2.30. The summed E-state index contributed by atoms with van der Waals surface area (Å²) in [6, 6.07) is 14.5. The van der Waals surface area contributed by atoms with Crippen LogP contribution >= 0.6 is 0 Å². The molecule has 0 unspecified atom stereocenters. The van der Waals surface area contributed by atoms with Crippen molar-refractivity contribution in [3.63, 3.8) is 0 Å². The zero-order chi connectivity index (χ0) is 13.4. The van der Waals surface area contributed by atoms with E-state index < -0.39 is 7.12 Å². The lowest BCUT2D eigenvalue weighted by Gasteiger charge is -2.15. The summed E-state index contributed by atoms with van der Waals surface area (Å²) in [6.07, 6.45) is 0. The van der Waals surface area contributed by atoms with E-state index in [0.29, 0.717) is 12.1 Å². The second kappa shape index (κ2) is 4.53. The van der Waals surface area contributed by atoms with Crippen LogP contribution < -0.4 is 10.4 Å². The number of rotatable bonds is 2. The maximum absolute atomic E-state index is 12.4. The highest BCUT2D eigenvalue weighted by Crippen LogP contribution is 2.27. The van der Waals surface area contributed by atoms with Crippen molar-refractivity contribution in [1.82, 2.24) is 0 Å². The summed E-state index contributed by atoms with van der Waals surface area (Å²) < 4.78 is 0. The Morgan fingerprint density at radius 2 is 1.74 bits per heavy atom. The molecule has 3 rings (SSSR count). The van der Waals surface area contributed by atoms with Crippen LogP contribution in [-0.4, -0.2) is 23.1 Å². The molecule has 0 aromatic heterocycles. The summed E-state index contributed by atoms with van der Waals surface area (Å²) in [5, 5.41) is 18.7. The van der Waals surface area contributed by atoms with Crippen LogP contribution in [0.15, 0.2) is 48.5 Å². The van der Waals surface area contributed by atoms with E-state index in [4.69, 9.17) is 0 Å². The number of carbonyl (C=O) groups is 1. The zero-order valence-corrected chi connectivity index (χ0v) is 10.2. The molecule has 2 aromatic rings. The highest BCUT2D eigenvalue weighted by molar-refractivity contribution is 6.60. The maximum atomic E-state index is 12.4.